The second kappa shape index (κ2) is 5.56. The fraction of sp³-hybridized carbons (Fsp3) is 0.0769. The number of carboxylic acids is 1. The molecule has 0 aliphatic rings. The molecule has 0 spiro atoms. The Balaban J connectivity index is 2.17. The van der Waals surface area contributed by atoms with Crippen molar-refractivity contribution in [3.63, 3.8) is 0 Å². The van der Waals surface area contributed by atoms with Gasteiger partial charge in [0, 0.05) is 11.6 Å². The first-order chi connectivity index (χ1) is 9.36. The van der Waals surface area contributed by atoms with Crippen LogP contribution in [0.3, 0.4) is 0 Å². The first-order valence-corrected chi connectivity index (χ1v) is 8.30. The van der Waals surface area contributed by atoms with E-state index in [9.17, 15) is 13.2 Å². The average Bonchev–Trinajstić information content (AvgIpc) is 2.85. The first kappa shape index (κ1) is 14.4. The van der Waals surface area contributed by atoms with E-state index in [4.69, 9.17) is 5.11 Å². The molecule has 0 aliphatic carbocycles. The van der Waals surface area contributed by atoms with Crippen molar-refractivity contribution in [1.29, 1.82) is 0 Å². The maximum Gasteiger partial charge on any atom is 0.355 e. The highest BCUT2D eigenvalue weighted by Crippen LogP contribution is 2.15. The van der Waals surface area contributed by atoms with Crippen LogP contribution in [-0.4, -0.2) is 30.7 Å². The van der Waals surface area contributed by atoms with E-state index in [1.165, 1.54) is 28.8 Å². The van der Waals surface area contributed by atoms with E-state index in [-0.39, 0.29) is 10.6 Å². The van der Waals surface area contributed by atoms with Gasteiger partial charge in [-0.05, 0) is 23.8 Å². The van der Waals surface area contributed by atoms with Gasteiger partial charge in [0.15, 0.2) is 15.5 Å². The standard InChI is InChI=1S/C13H11NO4S2/c1-20(17,18)10-5-2-9(3-6-10)4-7-12-14-11(8-19-12)13(15)16/h2-8H,1H3,(H,15,16)/b7-4+. The Kier molecular flexibility index (Phi) is 4.01. The zero-order valence-corrected chi connectivity index (χ0v) is 12.1. The number of carboxylic acid groups (broad SMARTS) is 1. The van der Waals surface area contributed by atoms with Crippen LogP contribution in [0.1, 0.15) is 21.1 Å². The number of nitrogens with zero attached hydrogens (tertiary/aromatic N) is 1. The third kappa shape index (κ3) is 3.52. The Labute approximate surface area is 120 Å². The van der Waals surface area contributed by atoms with Crippen molar-refractivity contribution in [3.05, 3.63) is 45.9 Å². The summed E-state index contributed by atoms with van der Waals surface area (Å²) in [4.78, 5) is 14.9. The van der Waals surface area contributed by atoms with Crippen LogP contribution in [-0.2, 0) is 9.84 Å². The quantitative estimate of drug-likeness (QED) is 0.937. The summed E-state index contributed by atoms with van der Waals surface area (Å²) in [5.41, 5.74) is 0.826. The highest BCUT2D eigenvalue weighted by Gasteiger charge is 2.07. The second-order valence-corrected chi connectivity index (χ2v) is 6.96. The van der Waals surface area contributed by atoms with Gasteiger partial charge in [0.2, 0.25) is 0 Å². The maximum absolute atomic E-state index is 11.3. The van der Waals surface area contributed by atoms with E-state index < -0.39 is 15.8 Å². The molecule has 0 unspecified atom stereocenters. The van der Waals surface area contributed by atoms with Crippen LogP contribution in [0.4, 0.5) is 0 Å². The third-order valence-corrected chi connectivity index (χ3v) is 4.41. The lowest BCUT2D eigenvalue weighted by atomic mass is 10.2. The smallest absolute Gasteiger partial charge is 0.355 e. The monoisotopic (exact) mass is 309 g/mol. The summed E-state index contributed by atoms with van der Waals surface area (Å²) in [6.45, 7) is 0. The molecular weight excluding hydrogens is 298 g/mol. The van der Waals surface area contributed by atoms with Crippen LogP contribution in [0.15, 0.2) is 34.5 Å². The normalized spacial score (nSPS) is 11.8. The molecule has 0 atom stereocenters. The Morgan fingerprint density at radius 2 is 1.90 bits per heavy atom. The molecule has 104 valence electrons. The van der Waals surface area contributed by atoms with E-state index >= 15 is 0 Å². The van der Waals surface area contributed by atoms with E-state index in [1.807, 2.05) is 0 Å². The van der Waals surface area contributed by atoms with E-state index in [1.54, 1.807) is 24.3 Å². The Morgan fingerprint density at radius 3 is 2.40 bits per heavy atom. The van der Waals surface area contributed by atoms with Gasteiger partial charge >= 0.3 is 5.97 Å². The van der Waals surface area contributed by atoms with Crippen molar-refractivity contribution in [2.75, 3.05) is 6.26 Å². The molecule has 0 aliphatic heterocycles. The lowest BCUT2D eigenvalue weighted by Gasteiger charge is -1.98. The molecule has 0 amide bonds. The molecule has 1 N–H and O–H groups in total. The van der Waals surface area contributed by atoms with Crippen molar-refractivity contribution in [2.24, 2.45) is 0 Å². The van der Waals surface area contributed by atoms with E-state index in [0.29, 0.717) is 5.01 Å². The number of benzene rings is 1. The summed E-state index contributed by atoms with van der Waals surface area (Å²) in [7, 11) is -3.19. The summed E-state index contributed by atoms with van der Waals surface area (Å²) in [6.07, 6.45) is 4.59. The van der Waals surface area contributed by atoms with Crippen LogP contribution in [0.25, 0.3) is 12.2 Å². The second-order valence-electron chi connectivity index (χ2n) is 4.05. The van der Waals surface area contributed by atoms with Gasteiger partial charge in [0.05, 0.1) is 4.90 Å². The zero-order chi connectivity index (χ0) is 14.8. The summed E-state index contributed by atoms with van der Waals surface area (Å²) >= 11 is 1.23. The van der Waals surface area contributed by atoms with Gasteiger partial charge in [-0.25, -0.2) is 18.2 Å². The van der Waals surface area contributed by atoms with Crippen molar-refractivity contribution in [1.82, 2.24) is 4.98 Å². The lowest BCUT2D eigenvalue weighted by molar-refractivity contribution is 0.0691. The fourth-order valence-electron chi connectivity index (χ4n) is 1.46. The first-order valence-electron chi connectivity index (χ1n) is 5.53. The van der Waals surface area contributed by atoms with Crippen LogP contribution in [0.5, 0.6) is 0 Å². The molecule has 0 saturated heterocycles. The summed E-state index contributed by atoms with van der Waals surface area (Å²) in [5.74, 6) is -1.06. The average molecular weight is 309 g/mol. The summed E-state index contributed by atoms with van der Waals surface area (Å²) in [6, 6.07) is 6.41. The van der Waals surface area contributed by atoms with E-state index in [0.717, 1.165) is 11.8 Å². The van der Waals surface area contributed by atoms with Crippen LogP contribution in [0, 0.1) is 0 Å². The topological polar surface area (TPSA) is 84.3 Å². The molecule has 20 heavy (non-hydrogen) atoms. The van der Waals surface area contributed by atoms with Crippen LogP contribution in [0.2, 0.25) is 0 Å². The largest absolute Gasteiger partial charge is 0.476 e. The SMILES string of the molecule is CS(=O)(=O)c1ccc(/C=C/c2nc(C(=O)O)cs2)cc1. The number of hydrogen-bond acceptors (Lipinski definition) is 5. The summed E-state index contributed by atoms with van der Waals surface area (Å²) < 4.78 is 22.6. The number of hydrogen-bond donors (Lipinski definition) is 1. The zero-order valence-electron chi connectivity index (χ0n) is 10.5. The molecule has 0 saturated carbocycles. The third-order valence-electron chi connectivity index (χ3n) is 2.47. The number of aromatic carboxylic acids is 1. The van der Waals surface area contributed by atoms with Gasteiger partial charge in [0.1, 0.15) is 5.01 Å². The minimum atomic E-state index is -3.19. The molecule has 5 nitrogen and oxygen atoms in total. The molecule has 0 radical (unpaired) electrons. The summed E-state index contributed by atoms with van der Waals surface area (Å²) in [5, 5.41) is 10.8. The predicted molar refractivity (Wildman–Crippen MR) is 77.6 cm³/mol. The number of carbonyl (C=O) groups is 1. The van der Waals surface area contributed by atoms with Gasteiger partial charge in [0.25, 0.3) is 0 Å². The highest BCUT2D eigenvalue weighted by molar-refractivity contribution is 7.90. The Bertz CT molecular complexity index is 758. The number of sulfone groups is 1. The van der Waals surface area contributed by atoms with Crippen LogP contribution >= 0.6 is 11.3 Å². The van der Waals surface area contributed by atoms with Crippen LogP contribution < -0.4 is 0 Å². The molecule has 1 heterocycles. The number of thiazole rings is 1. The van der Waals surface area contributed by atoms with Gasteiger partial charge in [-0.3, -0.25) is 0 Å². The van der Waals surface area contributed by atoms with Gasteiger partial charge in [-0.1, -0.05) is 18.2 Å². The fourth-order valence-corrected chi connectivity index (χ4v) is 2.77. The predicted octanol–water partition coefficient (Wildman–Crippen LogP) is 2.42. The number of rotatable bonds is 4. The molecule has 1 aromatic heterocycles. The van der Waals surface area contributed by atoms with Crippen molar-refractivity contribution in [3.8, 4) is 0 Å². The van der Waals surface area contributed by atoms with Crippen molar-refractivity contribution in [2.45, 2.75) is 4.90 Å². The Morgan fingerprint density at radius 1 is 1.25 bits per heavy atom. The Hall–Kier alpha value is -1.99. The maximum atomic E-state index is 11.3. The molecular formula is C13H11NO4S2. The van der Waals surface area contributed by atoms with Crippen molar-refractivity contribution < 1.29 is 18.3 Å². The molecule has 1 aromatic carbocycles. The van der Waals surface area contributed by atoms with Gasteiger partial charge < -0.3 is 5.11 Å². The van der Waals surface area contributed by atoms with Gasteiger partial charge in [-0.2, -0.15) is 0 Å². The van der Waals surface area contributed by atoms with E-state index in [2.05, 4.69) is 4.98 Å². The van der Waals surface area contributed by atoms with Gasteiger partial charge in [-0.15, -0.1) is 11.3 Å². The molecule has 7 heteroatoms. The van der Waals surface area contributed by atoms with Crippen molar-refractivity contribution >= 4 is 39.3 Å². The minimum Gasteiger partial charge on any atom is -0.476 e. The molecule has 2 aromatic rings. The molecule has 0 fully saturated rings. The lowest BCUT2D eigenvalue weighted by Crippen LogP contribution is -1.96. The minimum absolute atomic E-state index is 0.0158. The highest BCUT2D eigenvalue weighted by atomic mass is 32.2. The molecule has 0 bridgehead atoms. The molecule has 2 rings (SSSR count). The number of aromatic nitrogens is 1.